The van der Waals surface area contributed by atoms with Gasteiger partial charge in [-0.25, -0.2) is 4.79 Å². The number of carbonyl (C=O) groups is 1. The van der Waals surface area contributed by atoms with E-state index in [2.05, 4.69) is 40.4 Å². The summed E-state index contributed by atoms with van der Waals surface area (Å²) < 4.78 is 12.1. The Morgan fingerprint density at radius 2 is 1.88 bits per heavy atom. The minimum atomic E-state index is -1.97. The molecule has 1 N–H and O–H groups in total. The predicted molar refractivity (Wildman–Crippen MR) is 104 cm³/mol. The lowest BCUT2D eigenvalue weighted by atomic mass is 9.92. The highest BCUT2D eigenvalue weighted by atomic mass is 28.4. The SMILES string of the molecule is C=CC[C@@]1(CO)C[C@@H](O[Si](C)(C)C(C)(C)C)CN1C(=O)OC(C)(C)C. The lowest BCUT2D eigenvalue weighted by Crippen LogP contribution is -2.51. The summed E-state index contributed by atoms with van der Waals surface area (Å²) in [6.07, 6.45) is 2.37. The molecule has 0 bridgehead atoms. The van der Waals surface area contributed by atoms with Gasteiger partial charge in [0.05, 0.1) is 18.2 Å². The summed E-state index contributed by atoms with van der Waals surface area (Å²) in [7, 11) is -1.97. The van der Waals surface area contributed by atoms with Crippen LogP contribution in [0.2, 0.25) is 18.1 Å². The summed E-state index contributed by atoms with van der Waals surface area (Å²) in [4.78, 5) is 14.4. The second kappa shape index (κ2) is 7.41. The first-order valence-corrected chi connectivity index (χ1v) is 12.0. The summed E-state index contributed by atoms with van der Waals surface area (Å²) in [5.41, 5.74) is -1.28. The summed E-state index contributed by atoms with van der Waals surface area (Å²) in [5, 5.41) is 10.2. The van der Waals surface area contributed by atoms with Gasteiger partial charge in [0.1, 0.15) is 5.60 Å². The maximum atomic E-state index is 12.7. The first-order valence-electron chi connectivity index (χ1n) is 9.08. The fourth-order valence-electron chi connectivity index (χ4n) is 2.93. The highest BCUT2D eigenvalue weighted by Gasteiger charge is 2.51. The van der Waals surface area contributed by atoms with Crippen LogP contribution in [0.25, 0.3) is 0 Å². The summed E-state index contributed by atoms with van der Waals surface area (Å²) in [6.45, 7) is 20.7. The van der Waals surface area contributed by atoms with Crippen molar-refractivity contribution < 1.29 is 19.1 Å². The van der Waals surface area contributed by atoms with E-state index in [0.717, 1.165) is 0 Å². The highest BCUT2D eigenvalue weighted by molar-refractivity contribution is 6.74. The minimum Gasteiger partial charge on any atom is -0.444 e. The monoisotopic (exact) mass is 371 g/mol. The van der Waals surface area contributed by atoms with Crippen LogP contribution in [0.4, 0.5) is 4.79 Å². The van der Waals surface area contributed by atoms with Crippen molar-refractivity contribution in [2.24, 2.45) is 0 Å². The number of carbonyl (C=O) groups excluding carboxylic acids is 1. The van der Waals surface area contributed by atoms with Gasteiger partial charge in [-0.05, 0) is 45.3 Å². The molecule has 0 aliphatic carbocycles. The van der Waals surface area contributed by atoms with Gasteiger partial charge in [-0.1, -0.05) is 26.8 Å². The molecule has 5 nitrogen and oxygen atoms in total. The number of aliphatic hydroxyl groups excluding tert-OH is 1. The fraction of sp³-hybridized carbons (Fsp3) is 0.842. The van der Waals surface area contributed by atoms with E-state index in [-0.39, 0.29) is 17.7 Å². The van der Waals surface area contributed by atoms with Gasteiger partial charge in [-0.2, -0.15) is 0 Å². The zero-order valence-corrected chi connectivity index (χ0v) is 18.3. The molecule has 0 aromatic carbocycles. The number of nitrogens with zero attached hydrogens (tertiary/aromatic N) is 1. The van der Waals surface area contributed by atoms with E-state index in [4.69, 9.17) is 9.16 Å². The molecule has 0 unspecified atom stereocenters. The molecule has 1 heterocycles. The fourth-order valence-corrected chi connectivity index (χ4v) is 4.27. The van der Waals surface area contributed by atoms with Crippen LogP contribution in [0.1, 0.15) is 54.4 Å². The van der Waals surface area contributed by atoms with E-state index in [9.17, 15) is 9.90 Å². The van der Waals surface area contributed by atoms with Gasteiger partial charge in [0.2, 0.25) is 0 Å². The smallest absolute Gasteiger partial charge is 0.410 e. The van der Waals surface area contributed by atoms with Gasteiger partial charge in [0, 0.05) is 13.0 Å². The molecule has 146 valence electrons. The number of likely N-dealkylation sites (tertiary alicyclic amines) is 1. The second-order valence-corrected chi connectivity index (χ2v) is 14.4. The largest absolute Gasteiger partial charge is 0.444 e. The summed E-state index contributed by atoms with van der Waals surface area (Å²) in [5.74, 6) is 0. The molecule has 0 aromatic rings. The van der Waals surface area contributed by atoms with E-state index >= 15 is 0 Å². The predicted octanol–water partition coefficient (Wildman–Crippen LogP) is 4.32. The average Bonchev–Trinajstić information content (AvgIpc) is 2.74. The first kappa shape index (κ1) is 22.2. The van der Waals surface area contributed by atoms with Crippen molar-refractivity contribution in [3.05, 3.63) is 12.7 Å². The Kier molecular flexibility index (Phi) is 6.58. The Morgan fingerprint density at radius 1 is 1.32 bits per heavy atom. The number of amides is 1. The number of hydrogen-bond donors (Lipinski definition) is 1. The van der Waals surface area contributed by atoms with Crippen molar-refractivity contribution in [1.29, 1.82) is 0 Å². The molecule has 0 radical (unpaired) electrons. The van der Waals surface area contributed by atoms with Crippen LogP contribution >= 0.6 is 0 Å². The third-order valence-electron chi connectivity index (χ3n) is 5.27. The second-order valence-electron chi connectivity index (χ2n) is 9.67. The molecule has 2 atom stereocenters. The quantitative estimate of drug-likeness (QED) is 0.577. The first-order chi connectivity index (χ1) is 11.2. The molecule has 0 spiro atoms. The summed E-state index contributed by atoms with van der Waals surface area (Å²) in [6, 6.07) is 0. The number of rotatable bonds is 5. The normalized spacial score (nSPS) is 25.2. The van der Waals surface area contributed by atoms with Crippen LogP contribution in [0.15, 0.2) is 12.7 Å². The van der Waals surface area contributed by atoms with Crippen molar-refractivity contribution in [3.63, 3.8) is 0 Å². The maximum absolute atomic E-state index is 12.7. The molecule has 0 aromatic heterocycles. The van der Waals surface area contributed by atoms with Crippen molar-refractivity contribution in [3.8, 4) is 0 Å². The third-order valence-corrected chi connectivity index (χ3v) is 9.80. The molecule has 1 rings (SSSR count). The molecule has 1 fully saturated rings. The maximum Gasteiger partial charge on any atom is 0.410 e. The Hall–Kier alpha value is -0.853. The van der Waals surface area contributed by atoms with Crippen LogP contribution in [0.5, 0.6) is 0 Å². The van der Waals surface area contributed by atoms with Crippen molar-refractivity contribution in [2.75, 3.05) is 13.2 Å². The van der Waals surface area contributed by atoms with Crippen molar-refractivity contribution in [2.45, 2.75) is 89.8 Å². The Bertz CT molecular complexity index is 493. The van der Waals surface area contributed by atoms with Crippen LogP contribution in [0.3, 0.4) is 0 Å². The molecule has 1 aliphatic rings. The Labute approximate surface area is 154 Å². The van der Waals surface area contributed by atoms with Gasteiger partial charge < -0.3 is 14.3 Å². The Balaban J connectivity index is 3.06. The molecule has 1 aliphatic heterocycles. The van der Waals surface area contributed by atoms with Crippen LogP contribution in [-0.4, -0.2) is 54.8 Å². The molecule has 6 heteroatoms. The average molecular weight is 372 g/mol. The minimum absolute atomic E-state index is 0.0899. The standard InChI is InChI=1S/C19H37NO4Si/c1-10-11-19(14-21)12-15(24-25(8,9)18(5,6)7)13-20(19)16(22)23-17(2,3)4/h10,15,21H,1,11-14H2,2-9H3/t15-,19+/m1/s1. The lowest BCUT2D eigenvalue weighted by Gasteiger charge is -2.38. The zero-order chi connectivity index (χ0) is 19.7. The van der Waals surface area contributed by atoms with Crippen LogP contribution in [-0.2, 0) is 9.16 Å². The van der Waals surface area contributed by atoms with Crippen LogP contribution in [0, 0.1) is 0 Å². The van der Waals surface area contributed by atoms with E-state index in [1.54, 1.807) is 11.0 Å². The van der Waals surface area contributed by atoms with E-state index < -0.39 is 25.6 Å². The van der Waals surface area contributed by atoms with Gasteiger partial charge in [0.15, 0.2) is 8.32 Å². The molecular weight excluding hydrogens is 334 g/mol. The van der Waals surface area contributed by atoms with E-state index in [1.807, 2.05) is 20.8 Å². The van der Waals surface area contributed by atoms with Crippen molar-refractivity contribution >= 4 is 14.4 Å². The Morgan fingerprint density at radius 3 is 2.28 bits per heavy atom. The van der Waals surface area contributed by atoms with E-state index in [1.165, 1.54) is 0 Å². The van der Waals surface area contributed by atoms with Gasteiger partial charge in [-0.15, -0.1) is 6.58 Å². The molecule has 1 saturated heterocycles. The third kappa shape index (κ3) is 5.31. The van der Waals surface area contributed by atoms with Gasteiger partial charge >= 0.3 is 6.09 Å². The van der Waals surface area contributed by atoms with Gasteiger partial charge in [-0.3, -0.25) is 4.90 Å². The number of ether oxygens (including phenoxy) is 1. The highest BCUT2D eigenvalue weighted by Crippen LogP contribution is 2.41. The summed E-state index contributed by atoms with van der Waals surface area (Å²) >= 11 is 0. The topological polar surface area (TPSA) is 59.0 Å². The van der Waals surface area contributed by atoms with Gasteiger partial charge in [0.25, 0.3) is 0 Å². The van der Waals surface area contributed by atoms with Crippen LogP contribution < -0.4 is 0 Å². The lowest BCUT2D eigenvalue weighted by molar-refractivity contribution is -0.00410. The molecular formula is C19H37NO4Si. The van der Waals surface area contributed by atoms with E-state index in [0.29, 0.717) is 19.4 Å². The molecule has 0 saturated carbocycles. The zero-order valence-electron chi connectivity index (χ0n) is 17.3. The number of aliphatic hydroxyl groups is 1. The number of hydrogen-bond acceptors (Lipinski definition) is 4. The molecule has 25 heavy (non-hydrogen) atoms. The van der Waals surface area contributed by atoms with Crippen molar-refractivity contribution in [1.82, 2.24) is 4.90 Å². The molecule has 1 amide bonds.